The van der Waals surface area contributed by atoms with Gasteiger partial charge in [0.2, 0.25) is 0 Å². The van der Waals surface area contributed by atoms with Gasteiger partial charge in [-0.15, -0.1) is 5.10 Å². The molecule has 0 amide bonds. The molecule has 0 aliphatic rings. The number of aromatic nitrogens is 4. The molecule has 0 aromatic carbocycles. The van der Waals surface area contributed by atoms with Crippen LogP contribution in [0.2, 0.25) is 0 Å². The van der Waals surface area contributed by atoms with Crippen LogP contribution in [0.5, 0.6) is 0 Å². The smallest absolute Gasteiger partial charge is 0.358 e. The Balaban J connectivity index is 1.81. The van der Waals surface area contributed by atoms with Crippen LogP contribution in [0.25, 0.3) is 0 Å². The van der Waals surface area contributed by atoms with Crippen molar-refractivity contribution >= 4 is 5.97 Å². The summed E-state index contributed by atoms with van der Waals surface area (Å²) in [6.45, 7) is 3.29. The van der Waals surface area contributed by atoms with E-state index in [0.29, 0.717) is 13.1 Å². The minimum absolute atomic E-state index is 0.0396. The Bertz CT molecular complexity index is 540. The quantitative estimate of drug-likeness (QED) is 0.796. The maximum atomic E-state index is 10.6. The molecule has 0 aliphatic carbocycles. The molecule has 0 aliphatic heterocycles. The number of carbonyl (C=O) groups is 1. The van der Waals surface area contributed by atoms with Crippen LogP contribution in [0, 0.1) is 0 Å². The topological polar surface area (TPSA) is 92.9 Å². The number of nitrogens with one attached hydrogen (secondary N) is 1. The molecule has 0 saturated carbocycles. The zero-order chi connectivity index (χ0) is 13.7. The molecular formula is C12H15N5O2. The normalized spacial score (nSPS) is 12.3. The average Bonchev–Trinajstić information content (AvgIpc) is 2.89. The standard InChI is InChI=1S/C12H15N5O2/c1-9(10-2-4-13-5-3-10)14-6-7-17-8-11(12(18)19)15-16-17/h2-5,8-9,14H,6-7H2,1H3,(H,18,19). The van der Waals surface area contributed by atoms with Gasteiger partial charge in [0.1, 0.15) is 0 Å². The van der Waals surface area contributed by atoms with Crippen LogP contribution in [0.15, 0.2) is 30.7 Å². The summed E-state index contributed by atoms with van der Waals surface area (Å²) in [5.74, 6) is -1.07. The van der Waals surface area contributed by atoms with E-state index in [4.69, 9.17) is 5.11 Å². The molecule has 0 radical (unpaired) electrons. The summed E-state index contributed by atoms with van der Waals surface area (Å²) in [5.41, 5.74) is 1.11. The van der Waals surface area contributed by atoms with E-state index in [1.807, 2.05) is 12.1 Å². The van der Waals surface area contributed by atoms with E-state index in [2.05, 4.69) is 27.5 Å². The van der Waals surface area contributed by atoms with Crippen molar-refractivity contribution < 1.29 is 9.90 Å². The predicted molar refractivity (Wildman–Crippen MR) is 67.6 cm³/mol. The Kier molecular flexibility index (Phi) is 4.19. The van der Waals surface area contributed by atoms with Crippen LogP contribution in [0.1, 0.15) is 29.0 Å². The Morgan fingerprint density at radius 2 is 2.21 bits per heavy atom. The van der Waals surface area contributed by atoms with Crippen molar-refractivity contribution in [3.63, 3.8) is 0 Å². The predicted octanol–water partition coefficient (Wildman–Crippen LogP) is 0.722. The number of carboxylic acids is 1. The number of aromatic carboxylic acids is 1. The molecule has 1 unspecified atom stereocenters. The molecule has 2 rings (SSSR count). The van der Waals surface area contributed by atoms with Crippen molar-refractivity contribution in [2.24, 2.45) is 0 Å². The van der Waals surface area contributed by atoms with Gasteiger partial charge in [-0.25, -0.2) is 4.79 Å². The molecule has 2 aromatic heterocycles. The highest BCUT2D eigenvalue weighted by atomic mass is 16.4. The zero-order valence-corrected chi connectivity index (χ0v) is 10.5. The molecule has 2 aromatic rings. The van der Waals surface area contributed by atoms with Crippen LogP contribution in [0.4, 0.5) is 0 Å². The summed E-state index contributed by atoms with van der Waals surface area (Å²) < 4.78 is 1.51. The molecule has 0 saturated heterocycles. The van der Waals surface area contributed by atoms with Gasteiger partial charge >= 0.3 is 5.97 Å². The lowest BCUT2D eigenvalue weighted by Crippen LogP contribution is -2.23. The van der Waals surface area contributed by atoms with Crippen molar-refractivity contribution in [1.82, 2.24) is 25.3 Å². The summed E-state index contributed by atoms with van der Waals surface area (Å²) >= 11 is 0. The highest BCUT2D eigenvalue weighted by Crippen LogP contribution is 2.09. The SMILES string of the molecule is CC(NCCn1cc(C(=O)O)nn1)c1ccncc1. The fourth-order valence-electron chi connectivity index (χ4n) is 1.67. The number of nitrogens with zero attached hydrogens (tertiary/aromatic N) is 4. The van der Waals surface area contributed by atoms with Gasteiger partial charge in [-0.05, 0) is 24.6 Å². The average molecular weight is 261 g/mol. The van der Waals surface area contributed by atoms with E-state index in [9.17, 15) is 4.79 Å². The van der Waals surface area contributed by atoms with Crippen molar-refractivity contribution in [3.05, 3.63) is 42.0 Å². The number of hydrogen-bond donors (Lipinski definition) is 2. The van der Waals surface area contributed by atoms with Gasteiger partial charge < -0.3 is 10.4 Å². The zero-order valence-electron chi connectivity index (χ0n) is 10.5. The molecule has 7 heteroatoms. The van der Waals surface area contributed by atoms with Crippen molar-refractivity contribution in [2.45, 2.75) is 19.5 Å². The van der Waals surface area contributed by atoms with E-state index >= 15 is 0 Å². The third kappa shape index (κ3) is 3.59. The fraction of sp³-hybridized carbons (Fsp3) is 0.333. The van der Waals surface area contributed by atoms with Crippen LogP contribution >= 0.6 is 0 Å². The Morgan fingerprint density at radius 1 is 1.47 bits per heavy atom. The monoisotopic (exact) mass is 261 g/mol. The minimum Gasteiger partial charge on any atom is -0.476 e. The third-order valence-electron chi connectivity index (χ3n) is 2.76. The molecule has 19 heavy (non-hydrogen) atoms. The first-order valence-corrected chi connectivity index (χ1v) is 5.93. The Labute approximate surface area is 110 Å². The summed E-state index contributed by atoms with van der Waals surface area (Å²) in [7, 11) is 0. The Morgan fingerprint density at radius 3 is 2.84 bits per heavy atom. The summed E-state index contributed by atoms with van der Waals surface area (Å²) in [4.78, 5) is 14.6. The maximum Gasteiger partial charge on any atom is 0.358 e. The van der Waals surface area contributed by atoms with Crippen molar-refractivity contribution in [1.29, 1.82) is 0 Å². The van der Waals surface area contributed by atoms with Crippen molar-refractivity contribution in [2.75, 3.05) is 6.54 Å². The van der Waals surface area contributed by atoms with Gasteiger partial charge in [-0.3, -0.25) is 9.67 Å². The molecular weight excluding hydrogens is 246 g/mol. The molecule has 1 atom stereocenters. The van der Waals surface area contributed by atoms with Gasteiger partial charge in [0.25, 0.3) is 0 Å². The van der Waals surface area contributed by atoms with Gasteiger partial charge in [0.15, 0.2) is 5.69 Å². The Hall–Kier alpha value is -2.28. The number of rotatable bonds is 6. The van der Waals surface area contributed by atoms with Gasteiger partial charge in [-0.1, -0.05) is 5.21 Å². The highest BCUT2D eigenvalue weighted by molar-refractivity contribution is 5.84. The molecule has 2 heterocycles. The molecule has 0 spiro atoms. The number of hydrogen-bond acceptors (Lipinski definition) is 5. The second-order valence-electron chi connectivity index (χ2n) is 4.13. The van der Waals surface area contributed by atoms with Crippen LogP contribution in [-0.2, 0) is 6.54 Å². The molecule has 2 N–H and O–H groups in total. The first-order valence-electron chi connectivity index (χ1n) is 5.93. The van der Waals surface area contributed by atoms with Gasteiger partial charge in [-0.2, -0.15) is 0 Å². The summed E-state index contributed by atoms with van der Waals surface area (Å²) in [6.07, 6.45) is 4.93. The highest BCUT2D eigenvalue weighted by Gasteiger charge is 2.08. The summed E-state index contributed by atoms with van der Waals surface area (Å²) in [5, 5.41) is 19.3. The van der Waals surface area contributed by atoms with Gasteiger partial charge in [0.05, 0.1) is 12.7 Å². The van der Waals surface area contributed by atoms with E-state index in [1.54, 1.807) is 12.4 Å². The minimum atomic E-state index is -1.07. The second-order valence-corrected chi connectivity index (χ2v) is 4.13. The van der Waals surface area contributed by atoms with E-state index in [-0.39, 0.29) is 11.7 Å². The van der Waals surface area contributed by atoms with E-state index < -0.39 is 5.97 Å². The molecule has 7 nitrogen and oxygen atoms in total. The largest absolute Gasteiger partial charge is 0.476 e. The van der Waals surface area contributed by atoms with Crippen LogP contribution in [0.3, 0.4) is 0 Å². The van der Waals surface area contributed by atoms with Crippen LogP contribution in [-0.4, -0.2) is 37.6 Å². The van der Waals surface area contributed by atoms with Crippen LogP contribution < -0.4 is 5.32 Å². The molecule has 100 valence electrons. The molecule has 0 bridgehead atoms. The maximum absolute atomic E-state index is 10.6. The number of pyridine rings is 1. The van der Waals surface area contributed by atoms with Gasteiger partial charge in [0, 0.05) is 25.0 Å². The van der Waals surface area contributed by atoms with E-state index in [1.165, 1.54) is 10.9 Å². The molecule has 0 fully saturated rings. The summed E-state index contributed by atoms with van der Waals surface area (Å²) in [6, 6.07) is 4.11. The van der Waals surface area contributed by atoms with Crippen molar-refractivity contribution in [3.8, 4) is 0 Å². The second kappa shape index (κ2) is 6.05. The fourth-order valence-corrected chi connectivity index (χ4v) is 1.67. The van der Waals surface area contributed by atoms with E-state index in [0.717, 1.165) is 5.56 Å². The lowest BCUT2D eigenvalue weighted by Gasteiger charge is -2.13. The first-order chi connectivity index (χ1) is 9.16. The lowest BCUT2D eigenvalue weighted by atomic mass is 10.1. The lowest BCUT2D eigenvalue weighted by molar-refractivity contribution is 0.0690. The third-order valence-corrected chi connectivity index (χ3v) is 2.76. The first kappa shape index (κ1) is 13.2. The number of carboxylic acid groups (broad SMARTS) is 1.